The van der Waals surface area contributed by atoms with Crippen molar-refractivity contribution in [3.05, 3.63) is 42.1 Å². The molecule has 2 aromatic heterocycles. The maximum absolute atomic E-state index is 11.7. The number of nitrogens with two attached hydrogens (primary N) is 1. The molecule has 1 amide bonds. The molecule has 0 radical (unpaired) electrons. The van der Waals surface area contributed by atoms with Crippen LogP contribution in [0.25, 0.3) is 0 Å². The van der Waals surface area contributed by atoms with E-state index in [1.807, 2.05) is 6.92 Å². The third-order valence-electron chi connectivity index (χ3n) is 2.04. The van der Waals surface area contributed by atoms with Crippen LogP contribution < -0.4 is 11.1 Å². The Morgan fingerprint density at radius 2 is 2.00 bits per heavy atom. The highest BCUT2D eigenvalue weighted by Gasteiger charge is 2.07. The Morgan fingerprint density at radius 1 is 1.18 bits per heavy atom. The lowest BCUT2D eigenvalue weighted by molar-refractivity contribution is 0.102. The number of hydrogen-bond donors (Lipinski definition) is 2. The summed E-state index contributed by atoms with van der Waals surface area (Å²) >= 11 is 0. The Kier molecular flexibility index (Phi) is 2.95. The van der Waals surface area contributed by atoms with E-state index in [1.54, 1.807) is 18.3 Å². The van der Waals surface area contributed by atoms with Gasteiger partial charge in [-0.25, -0.2) is 9.97 Å². The number of aromatic nitrogens is 3. The fraction of sp³-hybridized carbons (Fsp3) is 0.0909. The first kappa shape index (κ1) is 11.0. The van der Waals surface area contributed by atoms with Crippen LogP contribution in [0.5, 0.6) is 0 Å². The zero-order chi connectivity index (χ0) is 12.3. The van der Waals surface area contributed by atoms with Gasteiger partial charge in [-0.2, -0.15) is 0 Å². The van der Waals surface area contributed by atoms with Crippen LogP contribution in [0.2, 0.25) is 0 Å². The predicted octanol–water partition coefficient (Wildman–Crippen LogP) is 1.01. The summed E-state index contributed by atoms with van der Waals surface area (Å²) in [6, 6.07) is 3.16. The van der Waals surface area contributed by atoms with Gasteiger partial charge in [0.15, 0.2) is 5.82 Å². The highest BCUT2D eigenvalue weighted by atomic mass is 16.1. The molecule has 2 aromatic rings. The van der Waals surface area contributed by atoms with E-state index in [2.05, 4.69) is 20.3 Å². The maximum atomic E-state index is 11.7. The van der Waals surface area contributed by atoms with Gasteiger partial charge in [0.2, 0.25) is 0 Å². The van der Waals surface area contributed by atoms with Crippen molar-refractivity contribution in [1.82, 2.24) is 15.0 Å². The molecule has 0 aliphatic rings. The van der Waals surface area contributed by atoms with Crippen LogP contribution in [0.15, 0.2) is 30.7 Å². The minimum atomic E-state index is -0.344. The van der Waals surface area contributed by atoms with Crippen LogP contribution in [-0.2, 0) is 0 Å². The fourth-order valence-electron chi connectivity index (χ4n) is 1.18. The first-order valence-electron chi connectivity index (χ1n) is 4.96. The molecule has 0 aliphatic heterocycles. The van der Waals surface area contributed by atoms with Crippen molar-refractivity contribution in [2.75, 3.05) is 11.1 Å². The molecule has 0 unspecified atom stereocenters. The SMILES string of the molecule is Cc1cnc(NC(=O)c2ccc(N)cn2)cn1. The molecule has 3 N–H and O–H groups in total. The molecule has 0 saturated carbocycles. The topological polar surface area (TPSA) is 93.8 Å². The minimum Gasteiger partial charge on any atom is -0.397 e. The zero-order valence-electron chi connectivity index (χ0n) is 9.21. The average molecular weight is 229 g/mol. The lowest BCUT2D eigenvalue weighted by Gasteiger charge is -2.03. The zero-order valence-corrected chi connectivity index (χ0v) is 9.21. The molecule has 6 nitrogen and oxygen atoms in total. The first-order valence-corrected chi connectivity index (χ1v) is 4.96. The van der Waals surface area contributed by atoms with Crippen molar-refractivity contribution >= 4 is 17.4 Å². The standard InChI is InChI=1S/C11H11N5O/c1-7-4-15-10(6-13-7)16-11(17)9-3-2-8(12)5-14-9/h2-6H,12H2,1H3,(H,15,16,17). The molecule has 17 heavy (non-hydrogen) atoms. The summed E-state index contributed by atoms with van der Waals surface area (Å²) in [5.41, 5.74) is 7.06. The summed E-state index contributed by atoms with van der Waals surface area (Å²) in [4.78, 5) is 23.7. The summed E-state index contributed by atoms with van der Waals surface area (Å²) < 4.78 is 0. The van der Waals surface area contributed by atoms with Crippen molar-refractivity contribution in [2.45, 2.75) is 6.92 Å². The van der Waals surface area contributed by atoms with Crippen LogP contribution in [0.1, 0.15) is 16.2 Å². The lowest BCUT2D eigenvalue weighted by atomic mass is 10.3. The van der Waals surface area contributed by atoms with Crippen molar-refractivity contribution < 1.29 is 4.79 Å². The third kappa shape index (κ3) is 2.75. The first-order chi connectivity index (χ1) is 8.15. The molecule has 0 saturated heterocycles. The minimum absolute atomic E-state index is 0.279. The monoisotopic (exact) mass is 229 g/mol. The molecular formula is C11H11N5O. The number of carbonyl (C=O) groups is 1. The van der Waals surface area contributed by atoms with Gasteiger partial charge in [-0.15, -0.1) is 0 Å². The summed E-state index contributed by atoms with van der Waals surface area (Å²) in [5, 5.41) is 2.59. The third-order valence-corrected chi connectivity index (χ3v) is 2.04. The number of nitrogens with one attached hydrogen (secondary N) is 1. The number of nitrogen functional groups attached to an aromatic ring is 1. The van der Waals surface area contributed by atoms with Crippen LogP contribution >= 0.6 is 0 Å². The molecule has 2 rings (SSSR count). The van der Waals surface area contributed by atoms with Gasteiger partial charge in [-0.3, -0.25) is 9.78 Å². The van der Waals surface area contributed by atoms with Crippen molar-refractivity contribution in [2.24, 2.45) is 0 Å². The molecule has 0 aromatic carbocycles. The molecule has 0 atom stereocenters. The van der Waals surface area contributed by atoms with Crippen LogP contribution in [0.3, 0.4) is 0 Å². The Balaban J connectivity index is 2.11. The summed E-state index contributed by atoms with van der Waals surface area (Å²) in [7, 11) is 0. The number of aryl methyl sites for hydroxylation is 1. The second-order valence-corrected chi connectivity index (χ2v) is 3.47. The second-order valence-electron chi connectivity index (χ2n) is 3.47. The Hall–Kier alpha value is -2.50. The van der Waals surface area contributed by atoms with Crippen molar-refractivity contribution in [3.63, 3.8) is 0 Å². The summed E-state index contributed by atoms with van der Waals surface area (Å²) in [6.07, 6.45) is 4.49. The van der Waals surface area contributed by atoms with E-state index in [4.69, 9.17) is 5.73 Å². The van der Waals surface area contributed by atoms with E-state index in [0.717, 1.165) is 5.69 Å². The van der Waals surface area contributed by atoms with Crippen LogP contribution in [-0.4, -0.2) is 20.9 Å². The molecule has 6 heteroatoms. The number of hydrogen-bond acceptors (Lipinski definition) is 5. The maximum Gasteiger partial charge on any atom is 0.275 e. The fourth-order valence-corrected chi connectivity index (χ4v) is 1.18. The van der Waals surface area contributed by atoms with Gasteiger partial charge < -0.3 is 11.1 Å². The second kappa shape index (κ2) is 4.56. The predicted molar refractivity (Wildman–Crippen MR) is 63.4 cm³/mol. The lowest BCUT2D eigenvalue weighted by Crippen LogP contribution is -2.14. The van der Waals surface area contributed by atoms with Gasteiger partial charge in [0.1, 0.15) is 5.69 Å². The van der Waals surface area contributed by atoms with Gasteiger partial charge in [-0.05, 0) is 19.1 Å². The number of carbonyl (C=O) groups excluding carboxylic acids is 1. The van der Waals surface area contributed by atoms with Gasteiger partial charge in [0.05, 0.1) is 30.0 Å². The molecule has 0 aliphatic carbocycles. The number of pyridine rings is 1. The van der Waals surface area contributed by atoms with Gasteiger partial charge in [0, 0.05) is 0 Å². The quantitative estimate of drug-likeness (QED) is 0.801. The van der Waals surface area contributed by atoms with E-state index in [9.17, 15) is 4.79 Å². The summed E-state index contributed by atoms with van der Waals surface area (Å²) in [5.74, 6) is 0.0439. The van der Waals surface area contributed by atoms with Crippen molar-refractivity contribution in [3.8, 4) is 0 Å². The summed E-state index contributed by atoms with van der Waals surface area (Å²) in [6.45, 7) is 1.82. The number of nitrogens with zero attached hydrogens (tertiary/aromatic N) is 3. The van der Waals surface area contributed by atoms with E-state index in [1.165, 1.54) is 12.4 Å². The normalized spacial score (nSPS) is 9.94. The number of anilines is 2. The highest BCUT2D eigenvalue weighted by molar-refractivity contribution is 6.02. The Morgan fingerprint density at radius 3 is 2.59 bits per heavy atom. The smallest absolute Gasteiger partial charge is 0.275 e. The van der Waals surface area contributed by atoms with Crippen LogP contribution in [0.4, 0.5) is 11.5 Å². The molecule has 0 spiro atoms. The van der Waals surface area contributed by atoms with Gasteiger partial charge in [0.25, 0.3) is 5.91 Å². The number of amides is 1. The molecular weight excluding hydrogens is 218 g/mol. The number of rotatable bonds is 2. The van der Waals surface area contributed by atoms with Gasteiger partial charge >= 0.3 is 0 Å². The molecule has 0 fully saturated rings. The van der Waals surface area contributed by atoms with E-state index in [-0.39, 0.29) is 11.6 Å². The molecule has 86 valence electrons. The van der Waals surface area contributed by atoms with E-state index >= 15 is 0 Å². The largest absolute Gasteiger partial charge is 0.397 e. The van der Waals surface area contributed by atoms with Crippen LogP contribution in [0, 0.1) is 6.92 Å². The van der Waals surface area contributed by atoms with E-state index < -0.39 is 0 Å². The molecule has 2 heterocycles. The molecule has 0 bridgehead atoms. The van der Waals surface area contributed by atoms with E-state index in [0.29, 0.717) is 11.5 Å². The Bertz CT molecular complexity index is 521. The van der Waals surface area contributed by atoms with Gasteiger partial charge in [-0.1, -0.05) is 0 Å². The Labute approximate surface area is 97.9 Å². The average Bonchev–Trinajstić information content (AvgIpc) is 2.33. The van der Waals surface area contributed by atoms with Crippen molar-refractivity contribution in [1.29, 1.82) is 0 Å². The highest BCUT2D eigenvalue weighted by Crippen LogP contribution is 2.05.